The fourth-order valence-electron chi connectivity index (χ4n) is 2.25. The van der Waals surface area contributed by atoms with E-state index in [-0.39, 0.29) is 33.2 Å². The number of nitro benzene ring substituents is 1. The van der Waals surface area contributed by atoms with E-state index in [0.29, 0.717) is 0 Å². The summed E-state index contributed by atoms with van der Waals surface area (Å²) in [7, 11) is 2.72. The Morgan fingerprint density at radius 3 is 2.44 bits per heavy atom. The van der Waals surface area contributed by atoms with E-state index in [2.05, 4.69) is 15.3 Å². The van der Waals surface area contributed by atoms with Crippen molar-refractivity contribution in [1.29, 1.82) is 0 Å². The van der Waals surface area contributed by atoms with Crippen molar-refractivity contribution >= 4 is 24.1 Å². The van der Waals surface area contributed by atoms with Gasteiger partial charge in [0.1, 0.15) is 11.4 Å². The minimum Gasteiger partial charge on any atom is -0.496 e. The first-order chi connectivity index (χ1) is 12.6. The highest BCUT2D eigenvalue weighted by Crippen LogP contribution is 2.33. The minimum atomic E-state index is -0.585. The van der Waals surface area contributed by atoms with E-state index in [1.807, 2.05) is 20.8 Å². The van der Waals surface area contributed by atoms with Crippen LogP contribution >= 0.6 is 12.2 Å². The van der Waals surface area contributed by atoms with Crippen molar-refractivity contribution in [3.05, 3.63) is 48.6 Å². The van der Waals surface area contributed by atoms with E-state index in [1.165, 1.54) is 32.6 Å². The molecular formula is C16H19N5O5S. The quantitative estimate of drug-likeness (QED) is 0.358. The van der Waals surface area contributed by atoms with E-state index in [0.717, 1.165) is 4.68 Å². The van der Waals surface area contributed by atoms with Crippen molar-refractivity contribution in [2.24, 2.45) is 5.10 Å². The van der Waals surface area contributed by atoms with Crippen LogP contribution in [0.3, 0.4) is 0 Å². The molecule has 2 rings (SSSR count). The van der Waals surface area contributed by atoms with E-state index < -0.39 is 15.9 Å². The van der Waals surface area contributed by atoms with Gasteiger partial charge < -0.3 is 9.47 Å². The third kappa shape index (κ3) is 4.19. The van der Waals surface area contributed by atoms with Gasteiger partial charge >= 0.3 is 5.69 Å². The fourth-order valence-corrected chi connectivity index (χ4v) is 2.43. The first kappa shape index (κ1) is 20.2. The number of methoxy groups -OCH3 is 2. The Morgan fingerprint density at radius 1 is 1.30 bits per heavy atom. The van der Waals surface area contributed by atoms with Gasteiger partial charge in [0, 0.05) is 23.1 Å². The maximum absolute atomic E-state index is 12.6. The van der Waals surface area contributed by atoms with Gasteiger partial charge in [0.2, 0.25) is 10.5 Å². The summed E-state index contributed by atoms with van der Waals surface area (Å²) >= 11 is 5.08. The van der Waals surface area contributed by atoms with Crippen LogP contribution < -0.4 is 15.0 Å². The van der Waals surface area contributed by atoms with Crippen LogP contribution in [-0.2, 0) is 5.41 Å². The molecule has 10 nitrogen and oxygen atoms in total. The fraction of sp³-hybridized carbons (Fsp3) is 0.375. The Kier molecular flexibility index (Phi) is 5.74. The van der Waals surface area contributed by atoms with Gasteiger partial charge in [-0.15, -0.1) is 0 Å². The third-order valence-corrected chi connectivity index (χ3v) is 3.87. The minimum absolute atomic E-state index is 0.00812. The number of ether oxygens (including phenoxy) is 2. The van der Waals surface area contributed by atoms with Crippen molar-refractivity contribution in [1.82, 2.24) is 14.9 Å². The molecule has 2 aromatic rings. The lowest BCUT2D eigenvalue weighted by Gasteiger charge is -2.16. The van der Waals surface area contributed by atoms with Crippen LogP contribution in [0.1, 0.15) is 32.0 Å². The molecule has 0 aliphatic rings. The number of nitrogens with zero attached hydrogens (tertiary/aromatic N) is 4. The average Bonchev–Trinajstić information content (AvgIpc) is 2.59. The molecule has 0 atom stereocenters. The summed E-state index contributed by atoms with van der Waals surface area (Å²) in [5, 5.41) is 21.9. The molecule has 0 aliphatic heterocycles. The number of benzene rings is 1. The SMILES string of the molecule is COc1cc(OC)c([N+](=O)[O-])cc1/C=N\n1c(=S)[nH]nc(C(C)(C)C)c1=O. The average molecular weight is 393 g/mol. The highest BCUT2D eigenvalue weighted by Gasteiger charge is 2.22. The van der Waals surface area contributed by atoms with Crippen molar-refractivity contribution in [2.75, 3.05) is 14.2 Å². The lowest BCUT2D eigenvalue weighted by molar-refractivity contribution is -0.385. The van der Waals surface area contributed by atoms with Gasteiger partial charge in [0.05, 0.1) is 25.4 Å². The summed E-state index contributed by atoms with van der Waals surface area (Å²) in [4.78, 5) is 23.3. The molecule has 0 radical (unpaired) electrons. The normalized spacial score (nSPS) is 11.6. The van der Waals surface area contributed by atoms with Crippen molar-refractivity contribution < 1.29 is 14.4 Å². The van der Waals surface area contributed by atoms with Gasteiger partial charge in [-0.2, -0.15) is 14.9 Å². The van der Waals surface area contributed by atoms with Crippen LogP contribution in [0.5, 0.6) is 11.5 Å². The van der Waals surface area contributed by atoms with E-state index in [9.17, 15) is 14.9 Å². The summed E-state index contributed by atoms with van der Waals surface area (Å²) in [6.45, 7) is 5.49. The molecule has 1 aromatic heterocycles. The molecule has 0 bridgehead atoms. The molecule has 0 saturated carbocycles. The molecule has 11 heteroatoms. The van der Waals surface area contributed by atoms with Gasteiger partial charge in [-0.25, -0.2) is 0 Å². The van der Waals surface area contributed by atoms with Crippen molar-refractivity contribution in [3.63, 3.8) is 0 Å². The predicted molar refractivity (Wildman–Crippen MR) is 102 cm³/mol. The third-order valence-electron chi connectivity index (χ3n) is 3.60. The Bertz CT molecular complexity index is 1020. The summed E-state index contributed by atoms with van der Waals surface area (Å²) in [5.74, 6) is 0.330. The molecule has 27 heavy (non-hydrogen) atoms. The van der Waals surface area contributed by atoms with Crippen LogP contribution in [0.15, 0.2) is 22.0 Å². The number of H-pyrrole nitrogens is 1. The Balaban J connectivity index is 2.62. The zero-order chi connectivity index (χ0) is 20.4. The lowest BCUT2D eigenvalue weighted by Crippen LogP contribution is -2.32. The molecule has 0 unspecified atom stereocenters. The van der Waals surface area contributed by atoms with Crippen LogP contribution in [0.4, 0.5) is 5.69 Å². The van der Waals surface area contributed by atoms with Gasteiger partial charge in [0.25, 0.3) is 5.56 Å². The Labute approximate surface area is 159 Å². The van der Waals surface area contributed by atoms with E-state index >= 15 is 0 Å². The van der Waals surface area contributed by atoms with Gasteiger partial charge in [-0.05, 0) is 12.2 Å². The smallest absolute Gasteiger partial charge is 0.311 e. The number of nitro groups is 1. The molecule has 1 aromatic carbocycles. The topological polar surface area (TPSA) is 125 Å². The van der Waals surface area contributed by atoms with Crippen LogP contribution in [0, 0.1) is 14.9 Å². The van der Waals surface area contributed by atoms with Gasteiger partial charge in [-0.1, -0.05) is 20.8 Å². The molecule has 0 aliphatic carbocycles. The molecule has 0 fully saturated rings. The summed E-state index contributed by atoms with van der Waals surface area (Å²) in [5.41, 5.74) is -0.738. The first-order valence-corrected chi connectivity index (χ1v) is 8.18. The number of nitrogens with one attached hydrogen (secondary N) is 1. The highest BCUT2D eigenvalue weighted by atomic mass is 32.1. The molecule has 1 heterocycles. The summed E-state index contributed by atoms with van der Waals surface area (Å²) < 4.78 is 11.2. The van der Waals surface area contributed by atoms with Crippen molar-refractivity contribution in [2.45, 2.75) is 26.2 Å². The molecular weight excluding hydrogens is 374 g/mol. The number of hydrogen-bond donors (Lipinski definition) is 1. The number of aromatic nitrogens is 3. The van der Waals surface area contributed by atoms with Gasteiger partial charge in [0.15, 0.2) is 0 Å². The Hall–Kier alpha value is -3.08. The highest BCUT2D eigenvalue weighted by molar-refractivity contribution is 7.71. The maximum Gasteiger partial charge on any atom is 0.311 e. The van der Waals surface area contributed by atoms with Crippen LogP contribution in [0.25, 0.3) is 0 Å². The second kappa shape index (κ2) is 7.66. The molecule has 1 N–H and O–H groups in total. The van der Waals surface area contributed by atoms with E-state index in [4.69, 9.17) is 21.7 Å². The maximum atomic E-state index is 12.6. The van der Waals surface area contributed by atoms with E-state index in [1.54, 1.807) is 0 Å². The van der Waals surface area contributed by atoms with Crippen molar-refractivity contribution in [3.8, 4) is 11.5 Å². The zero-order valence-electron chi connectivity index (χ0n) is 15.5. The molecule has 0 saturated heterocycles. The van der Waals surface area contributed by atoms with Crippen LogP contribution in [-0.4, -0.2) is 40.2 Å². The number of rotatable bonds is 5. The zero-order valence-corrected chi connectivity index (χ0v) is 16.3. The number of aromatic amines is 1. The molecule has 0 spiro atoms. The summed E-state index contributed by atoms with van der Waals surface area (Å²) in [6.07, 6.45) is 1.25. The first-order valence-electron chi connectivity index (χ1n) is 7.77. The Morgan fingerprint density at radius 2 is 1.93 bits per heavy atom. The van der Waals surface area contributed by atoms with Gasteiger partial charge in [-0.3, -0.25) is 20.0 Å². The largest absolute Gasteiger partial charge is 0.496 e. The lowest BCUT2D eigenvalue weighted by atomic mass is 9.93. The molecule has 144 valence electrons. The number of hydrogen-bond acceptors (Lipinski definition) is 8. The predicted octanol–water partition coefficient (Wildman–Crippen LogP) is 2.41. The second-order valence-corrected chi connectivity index (χ2v) is 6.90. The second-order valence-electron chi connectivity index (χ2n) is 6.51. The molecule has 0 amide bonds. The monoisotopic (exact) mass is 393 g/mol. The van der Waals surface area contributed by atoms with Crippen LogP contribution in [0.2, 0.25) is 0 Å². The summed E-state index contributed by atoms with van der Waals surface area (Å²) in [6, 6.07) is 2.61. The standard InChI is InChI=1S/C16H19N5O5S/c1-16(2,3)13-14(22)20(15(27)19-18-13)17-8-9-6-10(21(23)24)12(26-5)7-11(9)25-4/h6-8H,1-5H3,(H,19,27)/b17-8-.